The highest BCUT2D eigenvalue weighted by molar-refractivity contribution is 6.24. The van der Waals surface area contributed by atoms with Crippen molar-refractivity contribution in [2.24, 2.45) is 0 Å². The standard InChI is InChI=1S/C50H31NO2/c1-2-15-32(16-3-1)47-39-22-6-4-19-36(39)37-20-5-7-23-40(37)49(47)51(43-27-14-30-46-48(43)42-24-9-11-29-45(42)52-46)34-18-12-17-33(31-34)35-25-13-26-41-38-21-8-10-28-44(38)53-50(35)41/h1-31H. The fourth-order valence-electron chi connectivity index (χ4n) is 8.37. The molecular formula is C50H31NO2. The minimum absolute atomic E-state index is 0.850. The predicted octanol–water partition coefficient (Wildman–Crippen LogP) is 14.6. The molecule has 0 spiro atoms. The molecule has 53 heavy (non-hydrogen) atoms. The third-order valence-electron chi connectivity index (χ3n) is 10.6. The van der Waals surface area contributed by atoms with E-state index in [1.54, 1.807) is 0 Å². The van der Waals surface area contributed by atoms with Gasteiger partial charge in [0, 0.05) is 38.4 Å². The van der Waals surface area contributed by atoms with Crippen molar-refractivity contribution >= 4 is 82.5 Å². The average Bonchev–Trinajstić information content (AvgIpc) is 3.80. The number of rotatable bonds is 5. The minimum Gasteiger partial charge on any atom is -0.456 e. The number of nitrogens with zero attached hydrogens (tertiary/aromatic N) is 1. The number of fused-ring (bicyclic) bond motifs is 9. The normalized spacial score (nSPS) is 11.8. The van der Waals surface area contributed by atoms with E-state index in [9.17, 15) is 0 Å². The Kier molecular flexibility index (Phi) is 6.55. The molecule has 0 saturated carbocycles. The molecule has 248 valence electrons. The lowest BCUT2D eigenvalue weighted by Gasteiger charge is -2.31. The molecule has 0 atom stereocenters. The summed E-state index contributed by atoms with van der Waals surface area (Å²) in [5.74, 6) is 0. The summed E-state index contributed by atoms with van der Waals surface area (Å²) in [4.78, 5) is 2.46. The second-order valence-corrected chi connectivity index (χ2v) is 13.6. The van der Waals surface area contributed by atoms with Gasteiger partial charge >= 0.3 is 0 Å². The van der Waals surface area contributed by atoms with Crippen molar-refractivity contribution in [3.8, 4) is 22.3 Å². The lowest BCUT2D eigenvalue weighted by Crippen LogP contribution is -2.13. The van der Waals surface area contributed by atoms with E-state index in [-0.39, 0.29) is 0 Å². The first kappa shape index (κ1) is 29.6. The fourth-order valence-corrected chi connectivity index (χ4v) is 8.37. The van der Waals surface area contributed by atoms with Crippen molar-refractivity contribution in [3.63, 3.8) is 0 Å². The highest BCUT2D eigenvalue weighted by Gasteiger charge is 2.26. The van der Waals surface area contributed by atoms with Gasteiger partial charge in [0.05, 0.1) is 16.8 Å². The fraction of sp³-hybridized carbons (Fsp3) is 0. The maximum atomic E-state index is 6.56. The molecule has 0 N–H and O–H groups in total. The van der Waals surface area contributed by atoms with Gasteiger partial charge in [-0.15, -0.1) is 0 Å². The van der Waals surface area contributed by atoms with Gasteiger partial charge in [-0.2, -0.15) is 0 Å². The van der Waals surface area contributed by atoms with Gasteiger partial charge in [0.2, 0.25) is 0 Å². The Morgan fingerprint density at radius 2 is 0.925 bits per heavy atom. The van der Waals surface area contributed by atoms with Gasteiger partial charge in [0.1, 0.15) is 22.3 Å². The Labute approximate surface area is 305 Å². The van der Waals surface area contributed by atoms with E-state index in [1.165, 1.54) is 27.1 Å². The van der Waals surface area contributed by atoms with Gasteiger partial charge in [-0.05, 0) is 63.7 Å². The highest BCUT2D eigenvalue weighted by Crippen LogP contribution is 2.52. The third kappa shape index (κ3) is 4.54. The van der Waals surface area contributed by atoms with E-state index >= 15 is 0 Å². The van der Waals surface area contributed by atoms with Crippen molar-refractivity contribution in [3.05, 3.63) is 188 Å². The Bertz CT molecular complexity index is 3190. The number of anilines is 3. The first-order chi connectivity index (χ1) is 26.3. The van der Waals surface area contributed by atoms with Crippen LogP contribution in [0.5, 0.6) is 0 Å². The van der Waals surface area contributed by atoms with E-state index in [1.807, 2.05) is 18.2 Å². The van der Waals surface area contributed by atoms with E-state index in [4.69, 9.17) is 8.83 Å². The molecule has 3 nitrogen and oxygen atoms in total. The number of para-hydroxylation sites is 3. The zero-order valence-corrected chi connectivity index (χ0v) is 28.7. The van der Waals surface area contributed by atoms with E-state index in [0.717, 1.165) is 77.6 Å². The van der Waals surface area contributed by atoms with Crippen LogP contribution in [0.4, 0.5) is 17.1 Å². The average molecular weight is 678 g/mol. The molecule has 2 heterocycles. The lowest BCUT2D eigenvalue weighted by molar-refractivity contribution is 0.669. The molecule has 11 aromatic rings. The summed E-state index contributed by atoms with van der Waals surface area (Å²) in [5.41, 5.74) is 11.2. The molecule has 3 heteroatoms. The van der Waals surface area contributed by atoms with Gasteiger partial charge in [-0.25, -0.2) is 0 Å². The van der Waals surface area contributed by atoms with Crippen LogP contribution in [-0.4, -0.2) is 0 Å². The van der Waals surface area contributed by atoms with Crippen LogP contribution in [0.15, 0.2) is 197 Å². The smallest absolute Gasteiger partial charge is 0.143 e. The Morgan fingerprint density at radius 1 is 0.358 bits per heavy atom. The molecule has 0 radical (unpaired) electrons. The SMILES string of the molecule is c1ccc(-c2c(N(c3cccc(-c4cccc5c4oc4ccccc45)c3)c3cccc4oc5ccccc5c34)c3ccccc3c3ccccc23)cc1. The summed E-state index contributed by atoms with van der Waals surface area (Å²) in [6.45, 7) is 0. The van der Waals surface area contributed by atoms with E-state index < -0.39 is 0 Å². The lowest BCUT2D eigenvalue weighted by atomic mass is 9.89. The molecule has 2 aromatic heterocycles. The largest absolute Gasteiger partial charge is 0.456 e. The Morgan fingerprint density at radius 3 is 1.74 bits per heavy atom. The van der Waals surface area contributed by atoms with Gasteiger partial charge < -0.3 is 13.7 Å². The summed E-state index contributed by atoms with van der Waals surface area (Å²) in [6.07, 6.45) is 0. The maximum Gasteiger partial charge on any atom is 0.143 e. The Balaban J connectivity index is 1.28. The molecule has 0 fully saturated rings. The quantitative estimate of drug-likeness (QED) is 0.170. The van der Waals surface area contributed by atoms with Crippen LogP contribution in [0.1, 0.15) is 0 Å². The van der Waals surface area contributed by atoms with Crippen LogP contribution < -0.4 is 4.90 Å². The van der Waals surface area contributed by atoms with Crippen LogP contribution in [0, 0.1) is 0 Å². The van der Waals surface area contributed by atoms with Gasteiger partial charge in [0.15, 0.2) is 0 Å². The first-order valence-electron chi connectivity index (χ1n) is 18.0. The predicted molar refractivity (Wildman–Crippen MR) is 222 cm³/mol. The van der Waals surface area contributed by atoms with Crippen molar-refractivity contribution in [2.75, 3.05) is 4.90 Å². The second kappa shape index (κ2) is 11.7. The number of hydrogen-bond acceptors (Lipinski definition) is 3. The number of benzene rings is 9. The summed E-state index contributed by atoms with van der Waals surface area (Å²) in [5, 5.41) is 9.18. The molecular weight excluding hydrogens is 647 g/mol. The highest BCUT2D eigenvalue weighted by atomic mass is 16.3. The van der Waals surface area contributed by atoms with Crippen molar-refractivity contribution in [2.45, 2.75) is 0 Å². The molecule has 0 amide bonds. The Hall–Kier alpha value is -7.10. The van der Waals surface area contributed by atoms with Gasteiger partial charge in [-0.1, -0.05) is 152 Å². The van der Waals surface area contributed by atoms with Crippen LogP contribution in [0.25, 0.3) is 87.7 Å². The molecule has 11 rings (SSSR count). The molecule has 0 aliphatic heterocycles. The molecule has 0 unspecified atom stereocenters. The summed E-state index contributed by atoms with van der Waals surface area (Å²) < 4.78 is 13.1. The minimum atomic E-state index is 0.850. The zero-order chi connectivity index (χ0) is 34.9. The van der Waals surface area contributed by atoms with Crippen molar-refractivity contribution in [1.29, 1.82) is 0 Å². The summed E-state index contributed by atoms with van der Waals surface area (Å²) in [6, 6.07) is 66.8. The van der Waals surface area contributed by atoms with Crippen LogP contribution in [0.2, 0.25) is 0 Å². The molecule has 0 saturated heterocycles. The van der Waals surface area contributed by atoms with Crippen LogP contribution >= 0.6 is 0 Å². The molecule has 0 aliphatic carbocycles. The molecule has 0 bridgehead atoms. The van der Waals surface area contributed by atoms with E-state index in [0.29, 0.717) is 0 Å². The first-order valence-corrected chi connectivity index (χ1v) is 18.0. The summed E-state index contributed by atoms with van der Waals surface area (Å²) >= 11 is 0. The monoisotopic (exact) mass is 677 g/mol. The third-order valence-corrected chi connectivity index (χ3v) is 10.6. The number of hydrogen-bond donors (Lipinski definition) is 0. The van der Waals surface area contributed by atoms with E-state index in [2.05, 4.69) is 175 Å². The number of furan rings is 2. The molecule has 9 aromatic carbocycles. The molecule has 0 aliphatic rings. The topological polar surface area (TPSA) is 29.5 Å². The van der Waals surface area contributed by atoms with Gasteiger partial charge in [-0.3, -0.25) is 0 Å². The summed E-state index contributed by atoms with van der Waals surface area (Å²) in [7, 11) is 0. The van der Waals surface area contributed by atoms with Crippen molar-refractivity contribution < 1.29 is 8.83 Å². The van der Waals surface area contributed by atoms with Gasteiger partial charge in [0.25, 0.3) is 0 Å². The maximum absolute atomic E-state index is 6.56. The van der Waals surface area contributed by atoms with Crippen molar-refractivity contribution in [1.82, 2.24) is 0 Å². The van der Waals surface area contributed by atoms with Crippen LogP contribution in [-0.2, 0) is 0 Å². The second-order valence-electron chi connectivity index (χ2n) is 13.6. The van der Waals surface area contributed by atoms with Crippen LogP contribution in [0.3, 0.4) is 0 Å². The zero-order valence-electron chi connectivity index (χ0n) is 28.7.